The van der Waals surface area contributed by atoms with E-state index in [4.69, 9.17) is 11.6 Å². The first-order valence-corrected chi connectivity index (χ1v) is 9.38. The van der Waals surface area contributed by atoms with E-state index in [0.29, 0.717) is 0 Å². The number of nitrogens with zero attached hydrogens (tertiary/aromatic N) is 4. The van der Waals surface area contributed by atoms with Crippen LogP contribution in [-0.4, -0.2) is 40.9 Å². The van der Waals surface area contributed by atoms with Crippen LogP contribution in [0.4, 0.5) is 0 Å². The van der Waals surface area contributed by atoms with Gasteiger partial charge in [0.1, 0.15) is 12.7 Å². The molecular formula is C19H29ClN6. The van der Waals surface area contributed by atoms with E-state index in [2.05, 4.69) is 45.7 Å². The van der Waals surface area contributed by atoms with Crippen LogP contribution in [-0.2, 0) is 13.0 Å². The van der Waals surface area contributed by atoms with Gasteiger partial charge in [0.05, 0.1) is 0 Å². The van der Waals surface area contributed by atoms with Gasteiger partial charge in [0, 0.05) is 31.7 Å². The fourth-order valence-corrected chi connectivity index (χ4v) is 2.98. The highest BCUT2D eigenvalue weighted by molar-refractivity contribution is 6.30. The number of nitrogens with one attached hydrogen (secondary N) is 2. The molecule has 0 aliphatic heterocycles. The molecule has 1 aromatic carbocycles. The van der Waals surface area contributed by atoms with E-state index in [1.165, 1.54) is 5.56 Å². The summed E-state index contributed by atoms with van der Waals surface area (Å²) in [5.41, 5.74) is 1.35. The van der Waals surface area contributed by atoms with E-state index in [9.17, 15) is 0 Å². The lowest BCUT2D eigenvalue weighted by atomic mass is 9.86. The van der Waals surface area contributed by atoms with Crippen molar-refractivity contribution in [3.63, 3.8) is 0 Å². The molecule has 0 saturated carbocycles. The Balaban J connectivity index is 1.68. The van der Waals surface area contributed by atoms with Crippen molar-refractivity contribution in [2.75, 3.05) is 20.1 Å². The summed E-state index contributed by atoms with van der Waals surface area (Å²) in [5.74, 6) is 0.841. The van der Waals surface area contributed by atoms with Crippen LogP contribution in [0.15, 0.2) is 41.9 Å². The predicted octanol–water partition coefficient (Wildman–Crippen LogP) is 3.15. The Kier molecular flexibility index (Phi) is 7.91. The zero-order valence-electron chi connectivity index (χ0n) is 15.9. The second kappa shape index (κ2) is 10.2. The lowest BCUT2D eigenvalue weighted by Crippen LogP contribution is -2.43. The van der Waals surface area contributed by atoms with Crippen LogP contribution >= 0.6 is 11.6 Å². The van der Waals surface area contributed by atoms with Gasteiger partial charge in [0.2, 0.25) is 0 Å². The maximum atomic E-state index is 6.09. The first-order valence-electron chi connectivity index (χ1n) is 9.00. The average Bonchev–Trinajstić information content (AvgIpc) is 3.10. The lowest BCUT2D eigenvalue weighted by molar-refractivity contribution is 0.359. The van der Waals surface area contributed by atoms with E-state index in [0.717, 1.165) is 49.9 Å². The van der Waals surface area contributed by atoms with Crippen molar-refractivity contribution in [3.8, 4) is 0 Å². The molecule has 142 valence electrons. The Hall–Kier alpha value is -2.08. The number of hydrogen-bond donors (Lipinski definition) is 2. The van der Waals surface area contributed by atoms with Crippen LogP contribution in [0.5, 0.6) is 0 Å². The summed E-state index contributed by atoms with van der Waals surface area (Å²) in [4.78, 5) is 4.31. The van der Waals surface area contributed by atoms with Gasteiger partial charge in [0.25, 0.3) is 0 Å². The molecule has 0 bridgehead atoms. The van der Waals surface area contributed by atoms with Crippen LogP contribution in [0.25, 0.3) is 0 Å². The topological polar surface area (TPSA) is 67.1 Å². The van der Waals surface area contributed by atoms with E-state index in [1.54, 1.807) is 19.7 Å². The number of aliphatic imine (C=N–C) groups is 1. The van der Waals surface area contributed by atoms with Crippen LogP contribution in [0.2, 0.25) is 5.02 Å². The Morgan fingerprint density at radius 2 is 1.96 bits per heavy atom. The van der Waals surface area contributed by atoms with E-state index < -0.39 is 0 Å². The average molecular weight is 377 g/mol. The third-order valence-electron chi connectivity index (χ3n) is 4.13. The van der Waals surface area contributed by atoms with Crippen LogP contribution in [0, 0.1) is 5.41 Å². The van der Waals surface area contributed by atoms with E-state index in [1.807, 2.05) is 22.8 Å². The predicted molar refractivity (Wildman–Crippen MR) is 108 cm³/mol. The summed E-state index contributed by atoms with van der Waals surface area (Å²) in [6.07, 6.45) is 6.58. The van der Waals surface area contributed by atoms with E-state index in [-0.39, 0.29) is 5.41 Å². The molecule has 0 spiro atoms. The van der Waals surface area contributed by atoms with Crippen LogP contribution in [0.3, 0.4) is 0 Å². The van der Waals surface area contributed by atoms with Crippen molar-refractivity contribution >= 4 is 17.6 Å². The second-order valence-electron chi connectivity index (χ2n) is 7.23. The molecule has 0 aliphatic rings. The number of guanidine groups is 1. The Labute approximate surface area is 161 Å². The molecule has 0 unspecified atom stereocenters. The first kappa shape index (κ1) is 20.2. The van der Waals surface area contributed by atoms with Gasteiger partial charge >= 0.3 is 0 Å². The van der Waals surface area contributed by atoms with Crippen molar-refractivity contribution in [3.05, 3.63) is 47.5 Å². The number of unbranched alkanes of at least 4 members (excludes halogenated alkanes) is 1. The third kappa shape index (κ3) is 7.44. The maximum absolute atomic E-state index is 6.09. The lowest BCUT2D eigenvalue weighted by Gasteiger charge is -2.26. The van der Waals surface area contributed by atoms with Crippen molar-refractivity contribution < 1.29 is 0 Å². The zero-order valence-corrected chi connectivity index (χ0v) is 16.6. The largest absolute Gasteiger partial charge is 0.356 e. The molecule has 0 amide bonds. The summed E-state index contributed by atoms with van der Waals surface area (Å²) in [5, 5.41) is 15.2. The summed E-state index contributed by atoms with van der Waals surface area (Å²) < 4.78 is 1.99. The smallest absolute Gasteiger partial charge is 0.190 e. The fourth-order valence-electron chi connectivity index (χ4n) is 2.77. The molecule has 0 radical (unpaired) electrons. The van der Waals surface area contributed by atoms with E-state index >= 15 is 0 Å². The summed E-state index contributed by atoms with van der Waals surface area (Å²) >= 11 is 6.09. The summed E-state index contributed by atoms with van der Waals surface area (Å²) in [6.45, 7) is 7.14. The maximum Gasteiger partial charge on any atom is 0.190 e. The molecule has 1 heterocycles. The van der Waals surface area contributed by atoms with Gasteiger partial charge < -0.3 is 15.2 Å². The molecule has 0 fully saturated rings. The minimum Gasteiger partial charge on any atom is -0.356 e. The Morgan fingerprint density at radius 1 is 1.19 bits per heavy atom. The molecule has 1 aromatic heterocycles. The molecule has 6 nitrogen and oxygen atoms in total. The van der Waals surface area contributed by atoms with Crippen molar-refractivity contribution in [2.24, 2.45) is 10.4 Å². The summed E-state index contributed by atoms with van der Waals surface area (Å²) in [7, 11) is 1.80. The highest BCUT2D eigenvalue weighted by Crippen LogP contribution is 2.22. The monoisotopic (exact) mass is 376 g/mol. The minimum absolute atomic E-state index is 0.0940. The van der Waals surface area contributed by atoms with Crippen molar-refractivity contribution in [1.29, 1.82) is 0 Å². The molecule has 7 heteroatoms. The zero-order chi connectivity index (χ0) is 18.8. The SMILES string of the molecule is CN=C(NCCCCn1cnnc1)NCC(C)(C)Cc1cccc(Cl)c1. The molecular weight excluding hydrogens is 348 g/mol. The van der Waals surface area contributed by atoms with Gasteiger partial charge in [-0.15, -0.1) is 10.2 Å². The molecule has 26 heavy (non-hydrogen) atoms. The first-order chi connectivity index (χ1) is 12.5. The second-order valence-corrected chi connectivity index (χ2v) is 7.67. The van der Waals surface area contributed by atoms with Gasteiger partial charge in [-0.2, -0.15) is 0 Å². The minimum atomic E-state index is 0.0940. The van der Waals surface area contributed by atoms with Gasteiger partial charge in [-0.05, 0) is 42.4 Å². The molecule has 2 N–H and O–H groups in total. The third-order valence-corrected chi connectivity index (χ3v) is 4.37. The number of rotatable bonds is 9. The normalized spacial score (nSPS) is 12.2. The van der Waals surface area contributed by atoms with Gasteiger partial charge in [-0.25, -0.2) is 0 Å². The molecule has 0 atom stereocenters. The highest BCUT2D eigenvalue weighted by Gasteiger charge is 2.19. The van der Waals surface area contributed by atoms with Crippen LogP contribution in [0.1, 0.15) is 32.3 Å². The van der Waals surface area contributed by atoms with Gasteiger partial charge in [0.15, 0.2) is 5.96 Å². The quantitative estimate of drug-likeness (QED) is 0.401. The van der Waals surface area contributed by atoms with Crippen molar-refractivity contribution in [1.82, 2.24) is 25.4 Å². The molecule has 0 aliphatic carbocycles. The standard InChI is InChI=1S/C19H29ClN6/c1-19(2,12-16-7-6-8-17(20)11-16)13-23-18(21-3)22-9-4-5-10-26-14-24-25-15-26/h6-8,11,14-15H,4-5,9-10,12-13H2,1-3H3,(H2,21,22,23). The van der Waals surface area contributed by atoms with Crippen LogP contribution < -0.4 is 10.6 Å². The fraction of sp³-hybridized carbons (Fsp3) is 0.526. The number of aromatic nitrogens is 3. The summed E-state index contributed by atoms with van der Waals surface area (Å²) in [6, 6.07) is 8.07. The number of hydrogen-bond acceptors (Lipinski definition) is 3. The Morgan fingerprint density at radius 3 is 2.65 bits per heavy atom. The number of benzene rings is 1. The molecule has 0 saturated heterocycles. The molecule has 2 aromatic rings. The number of halogens is 1. The highest BCUT2D eigenvalue weighted by atomic mass is 35.5. The Bertz CT molecular complexity index is 681. The van der Waals surface area contributed by atoms with Crippen molar-refractivity contribution in [2.45, 2.75) is 39.7 Å². The van der Waals surface area contributed by atoms with Gasteiger partial charge in [-0.3, -0.25) is 4.99 Å². The number of aryl methyl sites for hydroxylation is 1. The van der Waals surface area contributed by atoms with Gasteiger partial charge in [-0.1, -0.05) is 37.6 Å². The molecule has 2 rings (SSSR count).